The Bertz CT molecular complexity index is 968. The highest BCUT2D eigenvalue weighted by Crippen LogP contribution is 2.24. The first-order valence-electron chi connectivity index (χ1n) is 9.03. The average Bonchev–Trinajstić information content (AvgIpc) is 2.72. The Kier molecular flexibility index (Phi) is 6.14. The number of hydrogen-bond acceptors (Lipinski definition) is 7. The van der Waals surface area contributed by atoms with Crippen molar-refractivity contribution >= 4 is 17.5 Å². The summed E-state index contributed by atoms with van der Waals surface area (Å²) >= 11 is 0. The predicted molar refractivity (Wildman–Crippen MR) is 109 cm³/mol. The van der Waals surface area contributed by atoms with Crippen molar-refractivity contribution in [3.8, 4) is 17.3 Å². The van der Waals surface area contributed by atoms with Crippen LogP contribution in [0.5, 0.6) is 0 Å². The van der Waals surface area contributed by atoms with E-state index in [1.54, 1.807) is 24.5 Å². The minimum absolute atomic E-state index is 0.0227. The molecule has 7 heteroatoms. The van der Waals surface area contributed by atoms with Crippen molar-refractivity contribution in [2.75, 3.05) is 17.2 Å². The summed E-state index contributed by atoms with van der Waals surface area (Å²) in [5.41, 5.74) is 2.87. The van der Waals surface area contributed by atoms with Crippen LogP contribution in [-0.2, 0) is 0 Å². The number of nitriles is 1. The third kappa shape index (κ3) is 4.81. The Balaban J connectivity index is 1.98. The molecule has 142 valence electrons. The monoisotopic (exact) mass is 374 g/mol. The fraction of sp³-hybridized carbons (Fsp3) is 0.238. The number of nitrogens with zero attached hydrogens (tertiary/aromatic N) is 4. The number of rotatable bonds is 7. The molecule has 2 aromatic heterocycles. The fourth-order valence-corrected chi connectivity index (χ4v) is 2.64. The van der Waals surface area contributed by atoms with Crippen molar-refractivity contribution in [3.63, 3.8) is 0 Å². The predicted octanol–water partition coefficient (Wildman–Crippen LogP) is 3.58. The van der Waals surface area contributed by atoms with Crippen molar-refractivity contribution in [2.45, 2.75) is 19.9 Å². The number of hydrogen-bond donors (Lipinski definition) is 3. The van der Waals surface area contributed by atoms with Gasteiger partial charge >= 0.3 is 0 Å². The summed E-state index contributed by atoms with van der Waals surface area (Å²) < 4.78 is 0. The second kappa shape index (κ2) is 8.93. The molecule has 0 saturated carbocycles. The van der Waals surface area contributed by atoms with E-state index in [2.05, 4.69) is 31.7 Å². The molecule has 1 aromatic carbocycles. The lowest BCUT2D eigenvalue weighted by atomic mass is 10.1. The number of nitrogens with one attached hydrogen (secondary N) is 2. The Morgan fingerprint density at radius 3 is 2.68 bits per heavy atom. The summed E-state index contributed by atoms with van der Waals surface area (Å²) in [5, 5.41) is 25.2. The molecule has 3 aromatic rings. The maximum Gasteiger partial charge on any atom is 0.225 e. The molecule has 0 aliphatic heterocycles. The molecule has 7 nitrogen and oxygen atoms in total. The highest BCUT2D eigenvalue weighted by Gasteiger charge is 2.15. The second-order valence-corrected chi connectivity index (χ2v) is 6.70. The summed E-state index contributed by atoms with van der Waals surface area (Å²) in [7, 11) is 0. The van der Waals surface area contributed by atoms with Crippen molar-refractivity contribution in [1.29, 1.82) is 5.26 Å². The van der Waals surface area contributed by atoms with Gasteiger partial charge in [0.05, 0.1) is 30.0 Å². The van der Waals surface area contributed by atoms with Gasteiger partial charge in [0.2, 0.25) is 5.95 Å². The summed E-state index contributed by atoms with van der Waals surface area (Å²) in [4.78, 5) is 13.3. The van der Waals surface area contributed by atoms with E-state index in [-0.39, 0.29) is 18.6 Å². The van der Waals surface area contributed by atoms with Crippen LogP contribution in [-0.4, -0.2) is 32.7 Å². The quantitative estimate of drug-likeness (QED) is 0.580. The first-order chi connectivity index (χ1) is 13.6. The van der Waals surface area contributed by atoms with Crippen molar-refractivity contribution < 1.29 is 5.11 Å². The van der Waals surface area contributed by atoms with E-state index < -0.39 is 0 Å². The molecule has 0 aliphatic carbocycles. The van der Waals surface area contributed by atoms with Crippen LogP contribution >= 0.6 is 0 Å². The van der Waals surface area contributed by atoms with Gasteiger partial charge in [0.1, 0.15) is 5.82 Å². The van der Waals surface area contributed by atoms with Gasteiger partial charge in [0.15, 0.2) is 0 Å². The molecule has 0 saturated heterocycles. The van der Waals surface area contributed by atoms with Gasteiger partial charge in [-0.15, -0.1) is 0 Å². The molecule has 3 rings (SSSR count). The minimum atomic E-state index is -0.168. The number of anilines is 3. The van der Waals surface area contributed by atoms with Crippen LogP contribution in [0.15, 0.2) is 54.9 Å². The van der Waals surface area contributed by atoms with Gasteiger partial charge in [0.25, 0.3) is 0 Å². The van der Waals surface area contributed by atoms with E-state index in [1.807, 2.05) is 44.2 Å². The third-order valence-corrected chi connectivity index (χ3v) is 4.26. The number of benzene rings is 1. The Morgan fingerprint density at radius 2 is 2.00 bits per heavy atom. The Labute approximate surface area is 164 Å². The zero-order chi connectivity index (χ0) is 19.9. The molecule has 28 heavy (non-hydrogen) atoms. The zero-order valence-corrected chi connectivity index (χ0v) is 15.8. The summed E-state index contributed by atoms with van der Waals surface area (Å²) in [6.45, 7) is 4.02. The molecule has 0 unspecified atom stereocenters. The van der Waals surface area contributed by atoms with Crippen molar-refractivity contribution in [1.82, 2.24) is 15.0 Å². The fourth-order valence-electron chi connectivity index (χ4n) is 2.64. The van der Waals surface area contributed by atoms with Gasteiger partial charge in [-0.3, -0.25) is 4.98 Å². The standard InChI is InChI=1S/C21H22N6O/c1-14(2)19(13-28)26-21-25-18(16-6-4-8-23-12-16)10-20(27-21)24-17-7-3-5-15(9-17)11-22/h3-10,12,14,19,28H,13H2,1-2H3,(H2,24,25,26,27)/t19-/m0/s1. The summed E-state index contributed by atoms with van der Waals surface area (Å²) in [6, 6.07) is 14.7. The van der Waals surface area contributed by atoms with Crippen LogP contribution in [0.3, 0.4) is 0 Å². The minimum Gasteiger partial charge on any atom is -0.394 e. The number of aliphatic hydroxyl groups excluding tert-OH is 1. The number of pyridine rings is 1. The molecule has 2 heterocycles. The normalized spacial score (nSPS) is 11.7. The van der Waals surface area contributed by atoms with Gasteiger partial charge in [-0.25, -0.2) is 4.98 Å². The second-order valence-electron chi connectivity index (χ2n) is 6.70. The van der Waals surface area contributed by atoms with Gasteiger partial charge < -0.3 is 15.7 Å². The Morgan fingerprint density at radius 1 is 1.14 bits per heavy atom. The van der Waals surface area contributed by atoms with E-state index >= 15 is 0 Å². The van der Waals surface area contributed by atoms with Crippen LogP contribution < -0.4 is 10.6 Å². The zero-order valence-electron chi connectivity index (χ0n) is 15.8. The molecule has 0 fully saturated rings. The lowest BCUT2D eigenvalue weighted by Crippen LogP contribution is -2.30. The largest absolute Gasteiger partial charge is 0.394 e. The molecule has 0 spiro atoms. The molecule has 3 N–H and O–H groups in total. The van der Waals surface area contributed by atoms with Crippen LogP contribution in [0.25, 0.3) is 11.3 Å². The van der Waals surface area contributed by atoms with Gasteiger partial charge in [0, 0.05) is 29.7 Å². The number of aliphatic hydroxyl groups is 1. The molecular formula is C21H22N6O. The smallest absolute Gasteiger partial charge is 0.225 e. The van der Waals surface area contributed by atoms with Crippen molar-refractivity contribution in [2.24, 2.45) is 5.92 Å². The average molecular weight is 374 g/mol. The van der Waals surface area contributed by atoms with E-state index in [4.69, 9.17) is 5.26 Å². The lowest BCUT2D eigenvalue weighted by Gasteiger charge is -2.20. The molecular weight excluding hydrogens is 352 g/mol. The maximum atomic E-state index is 9.63. The lowest BCUT2D eigenvalue weighted by molar-refractivity contribution is 0.248. The van der Waals surface area contributed by atoms with E-state index in [0.717, 1.165) is 11.3 Å². The van der Waals surface area contributed by atoms with Crippen LogP contribution in [0.1, 0.15) is 19.4 Å². The summed E-state index contributed by atoms with van der Waals surface area (Å²) in [5.74, 6) is 1.19. The Hall–Kier alpha value is -3.50. The van der Waals surface area contributed by atoms with Crippen LogP contribution in [0, 0.1) is 17.2 Å². The molecule has 0 aliphatic rings. The first kappa shape index (κ1) is 19.3. The van der Waals surface area contributed by atoms with Gasteiger partial charge in [-0.1, -0.05) is 19.9 Å². The molecule has 0 amide bonds. The molecule has 0 radical (unpaired) electrons. The highest BCUT2D eigenvalue weighted by atomic mass is 16.3. The van der Waals surface area contributed by atoms with E-state index in [9.17, 15) is 5.11 Å². The van der Waals surface area contributed by atoms with Crippen LogP contribution in [0.4, 0.5) is 17.5 Å². The topological polar surface area (TPSA) is 107 Å². The molecule has 0 bridgehead atoms. The SMILES string of the molecule is CC(C)[C@H](CO)Nc1nc(Nc2cccc(C#N)c2)cc(-c2cccnc2)n1. The summed E-state index contributed by atoms with van der Waals surface area (Å²) in [6.07, 6.45) is 3.44. The number of aromatic nitrogens is 3. The highest BCUT2D eigenvalue weighted by molar-refractivity contribution is 5.67. The molecule has 1 atom stereocenters. The third-order valence-electron chi connectivity index (χ3n) is 4.26. The maximum absolute atomic E-state index is 9.63. The first-order valence-corrected chi connectivity index (χ1v) is 9.03. The van der Waals surface area contributed by atoms with Crippen molar-refractivity contribution in [3.05, 3.63) is 60.4 Å². The van der Waals surface area contributed by atoms with E-state index in [1.165, 1.54) is 0 Å². The van der Waals surface area contributed by atoms with Crippen LogP contribution in [0.2, 0.25) is 0 Å². The van der Waals surface area contributed by atoms with E-state index in [0.29, 0.717) is 23.0 Å². The van der Waals surface area contributed by atoms with Gasteiger partial charge in [-0.2, -0.15) is 10.2 Å². The van der Waals surface area contributed by atoms with Gasteiger partial charge in [-0.05, 0) is 36.2 Å².